The molecule has 9 heteroatoms. The molecule has 0 aromatic carbocycles. The van der Waals surface area contributed by atoms with Gasteiger partial charge in [-0.3, -0.25) is 14.9 Å². The Morgan fingerprint density at radius 1 is 1.52 bits per heavy atom. The average molecular weight is 294 g/mol. The highest BCUT2D eigenvalue weighted by molar-refractivity contribution is 5.80. The summed E-state index contributed by atoms with van der Waals surface area (Å²) in [5.41, 5.74) is 4.93. The quantitative estimate of drug-likeness (QED) is 0.622. The minimum Gasteiger partial charge on any atom is -0.378 e. The molecule has 0 saturated carbocycles. The highest BCUT2D eigenvalue weighted by Gasteiger charge is 2.36. The van der Waals surface area contributed by atoms with Crippen LogP contribution in [0.15, 0.2) is 6.20 Å². The maximum absolute atomic E-state index is 12.0. The van der Waals surface area contributed by atoms with Gasteiger partial charge in [0.2, 0.25) is 17.7 Å². The molecule has 9 nitrogen and oxygen atoms in total. The van der Waals surface area contributed by atoms with Gasteiger partial charge >= 0.3 is 5.69 Å². The van der Waals surface area contributed by atoms with Crippen LogP contribution in [0.5, 0.6) is 0 Å². The first-order valence-electron chi connectivity index (χ1n) is 6.52. The first-order chi connectivity index (χ1) is 9.68. The molecule has 0 bridgehead atoms. The van der Waals surface area contributed by atoms with Gasteiger partial charge in [-0.25, -0.2) is 4.98 Å². The fourth-order valence-corrected chi connectivity index (χ4v) is 2.23. The molecule has 1 unspecified atom stereocenters. The molecule has 1 aliphatic heterocycles. The number of rotatable bonds is 3. The number of hydrogen-bond donors (Lipinski definition) is 2. The van der Waals surface area contributed by atoms with Gasteiger partial charge < -0.3 is 16.0 Å². The minimum atomic E-state index is -0.639. The van der Waals surface area contributed by atoms with Crippen LogP contribution in [0.4, 0.5) is 17.5 Å². The number of nitrogens with one attached hydrogen (secondary N) is 1. The summed E-state index contributed by atoms with van der Waals surface area (Å²) < 4.78 is 0. The first-order valence-corrected chi connectivity index (χ1v) is 6.52. The van der Waals surface area contributed by atoms with Gasteiger partial charge in [0.15, 0.2) is 0 Å². The number of nitro groups is 1. The smallest absolute Gasteiger partial charge is 0.329 e. The van der Waals surface area contributed by atoms with Crippen molar-refractivity contribution in [1.82, 2.24) is 14.9 Å². The summed E-state index contributed by atoms with van der Waals surface area (Å²) in [5, 5.41) is 13.6. The normalized spacial score (nSPS) is 18.9. The van der Waals surface area contributed by atoms with Crippen molar-refractivity contribution in [1.29, 1.82) is 0 Å². The zero-order valence-corrected chi connectivity index (χ0v) is 12.2. The number of carbonyl (C=O) groups excluding carboxylic acids is 1. The lowest BCUT2D eigenvalue weighted by Crippen LogP contribution is -2.43. The Bertz CT molecular complexity index is 583. The molecule has 2 rings (SSSR count). The second-order valence-corrected chi connectivity index (χ2v) is 5.94. The summed E-state index contributed by atoms with van der Waals surface area (Å²) in [5.74, 6) is 0.0380. The van der Waals surface area contributed by atoms with Gasteiger partial charge in [-0.2, -0.15) is 4.98 Å². The third-order valence-electron chi connectivity index (χ3n) is 3.26. The zero-order valence-electron chi connectivity index (χ0n) is 12.2. The largest absolute Gasteiger partial charge is 0.378 e. The SMILES string of the molecule is CC(C)(C)N1CC(Nc2ncc([N+](=O)[O-])c(N)n2)CC1=O. The summed E-state index contributed by atoms with van der Waals surface area (Å²) in [6.45, 7) is 6.43. The molecule has 1 amide bonds. The molecule has 1 saturated heterocycles. The van der Waals surface area contributed by atoms with E-state index in [-0.39, 0.29) is 34.9 Å². The van der Waals surface area contributed by atoms with Crippen LogP contribution in [0.2, 0.25) is 0 Å². The molecule has 0 aliphatic carbocycles. The van der Waals surface area contributed by atoms with Crippen molar-refractivity contribution in [3.8, 4) is 0 Å². The minimum absolute atomic E-state index is 0.0508. The van der Waals surface area contributed by atoms with Crippen molar-refractivity contribution < 1.29 is 9.72 Å². The lowest BCUT2D eigenvalue weighted by molar-refractivity contribution is -0.384. The summed E-state index contributed by atoms with van der Waals surface area (Å²) in [7, 11) is 0. The summed E-state index contributed by atoms with van der Waals surface area (Å²) in [4.78, 5) is 31.5. The zero-order chi connectivity index (χ0) is 15.8. The number of hydrogen-bond acceptors (Lipinski definition) is 7. The highest BCUT2D eigenvalue weighted by atomic mass is 16.6. The maximum atomic E-state index is 12.0. The first kappa shape index (κ1) is 14.9. The summed E-state index contributed by atoms with van der Waals surface area (Å²) >= 11 is 0. The molecule has 114 valence electrons. The monoisotopic (exact) mass is 294 g/mol. The Morgan fingerprint density at radius 2 is 2.19 bits per heavy atom. The van der Waals surface area contributed by atoms with E-state index in [1.807, 2.05) is 20.8 Å². The molecular formula is C12H18N6O3. The van der Waals surface area contributed by atoms with Gasteiger partial charge in [-0.05, 0) is 20.8 Å². The molecule has 2 heterocycles. The van der Waals surface area contributed by atoms with E-state index in [9.17, 15) is 14.9 Å². The molecule has 1 atom stereocenters. The van der Waals surface area contributed by atoms with Crippen molar-refractivity contribution in [2.24, 2.45) is 0 Å². The third kappa shape index (κ3) is 3.18. The van der Waals surface area contributed by atoms with Crippen LogP contribution in [0.1, 0.15) is 27.2 Å². The van der Waals surface area contributed by atoms with Gasteiger partial charge in [0.05, 0.1) is 11.0 Å². The van der Waals surface area contributed by atoms with E-state index in [1.54, 1.807) is 4.90 Å². The molecule has 1 aromatic rings. The lowest BCUT2D eigenvalue weighted by atomic mass is 10.1. The van der Waals surface area contributed by atoms with E-state index in [2.05, 4.69) is 15.3 Å². The Labute approximate surface area is 121 Å². The van der Waals surface area contributed by atoms with Crippen LogP contribution in [0.3, 0.4) is 0 Å². The predicted molar refractivity (Wildman–Crippen MR) is 76.6 cm³/mol. The van der Waals surface area contributed by atoms with Crippen LogP contribution in [-0.4, -0.2) is 43.8 Å². The van der Waals surface area contributed by atoms with Crippen molar-refractivity contribution >= 4 is 23.4 Å². The number of nitrogens with two attached hydrogens (primary N) is 1. The lowest BCUT2D eigenvalue weighted by Gasteiger charge is -2.32. The topological polar surface area (TPSA) is 127 Å². The van der Waals surface area contributed by atoms with Gasteiger partial charge in [0.1, 0.15) is 6.20 Å². The molecule has 21 heavy (non-hydrogen) atoms. The fourth-order valence-electron chi connectivity index (χ4n) is 2.23. The van der Waals surface area contributed by atoms with Gasteiger partial charge in [0.25, 0.3) is 0 Å². The number of anilines is 2. The van der Waals surface area contributed by atoms with E-state index in [4.69, 9.17) is 5.73 Å². The van der Waals surface area contributed by atoms with E-state index >= 15 is 0 Å². The van der Waals surface area contributed by atoms with Crippen LogP contribution in [-0.2, 0) is 4.79 Å². The summed E-state index contributed by atoms with van der Waals surface area (Å²) in [6, 6.07) is -0.141. The number of nitrogens with zero attached hydrogens (tertiary/aromatic N) is 4. The Kier molecular flexibility index (Phi) is 3.67. The van der Waals surface area contributed by atoms with Crippen molar-refractivity contribution in [3.05, 3.63) is 16.3 Å². The van der Waals surface area contributed by atoms with Crippen molar-refractivity contribution in [2.75, 3.05) is 17.6 Å². The average Bonchev–Trinajstić information content (AvgIpc) is 2.69. The predicted octanol–water partition coefficient (Wildman–Crippen LogP) is 0.778. The molecule has 1 aromatic heterocycles. The van der Waals surface area contributed by atoms with Crippen LogP contribution >= 0.6 is 0 Å². The second kappa shape index (κ2) is 5.15. The molecular weight excluding hydrogens is 276 g/mol. The number of aromatic nitrogens is 2. The van der Waals surface area contributed by atoms with E-state index in [0.29, 0.717) is 13.0 Å². The van der Waals surface area contributed by atoms with E-state index in [0.717, 1.165) is 6.20 Å². The van der Waals surface area contributed by atoms with E-state index < -0.39 is 4.92 Å². The fraction of sp³-hybridized carbons (Fsp3) is 0.583. The Morgan fingerprint density at radius 3 is 2.67 bits per heavy atom. The number of nitrogen functional groups attached to an aromatic ring is 1. The summed E-state index contributed by atoms with van der Waals surface area (Å²) in [6.07, 6.45) is 1.39. The third-order valence-corrected chi connectivity index (χ3v) is 3.26. The molecule has 3 N–H and O–H groups in total. The van der Waals surface area contributed by atoms with Crippen LogP contribution in [0, 0.1) is 10.1 Å². The van der Waals surface area contributed by atoms with Gasteiger partial charge in [-0.15, -0.1) is 0 Å². The molecule has 0 radical (unpaired) electrons. The second-order valence-electron chi connectivity index (χ2n) is 5.94. The molecule has 0 spiro atoms. The van der Waals surface area contributed by atoms with Crippen LogP contribution in [0.25, 0.3) is 0 Å². The van der Waals surface area contributed by atoms with Gasteiger partial charge in [-0.1, -0.05) is 0 Å². The standard InChI is InChI=1S/C12H18N6O3/c1-12(2,3)17-6-7(4-9(17)19)15-11-14-5-8(18(20)21)10(13)16-11/h5,7H,4,6H2,1-3H3,(H3,13,14,15,16). The molecule has 1 fully saturated rings. The molecule has 1 aliphatic rings. The highest BCUT2D eigenvalue weighted by Crippen LogP contribution is 2.24. The number of amides is 1. The van der Waals surface area contributed by atoms with Crippen molar-refractivity contribution in [2.45, 2.75) is 38.8 Å². The Hall–Kier alpha value is -2.45. The number of carbonyl (C=O) groups is 1. The number of likely N-dealkylation sites (tertiary alicyclic amines) is 1. The Balaban J connectivity index is 2.08. The van der Waals surface area contributed by atoms with Gasteiger partial charge in [0, 0.05) is 18.5 Å². The maximum Gasteiger partial charge on any atom is 0.329 e. The van der Waals surface area contributed by atoms with Crippen molar-refractivity contribution in [3.63, 3.8) is 0 Å². The van der Waals surface area contributed by atoms with E-state index in [1.165, 1.54) is 0 Å². The van der Waals surface area contributed by atoms with Crippen LogP contribution < -0.4 is 11.1 Å².